The number of fused-ring (bicyclic) bond motifs is 1. The van der Waals surface area contributed by atoms with Crippen molar-refractivity contribution in [3.63, 3.8) is 0 Å². The fraction of sp³-hybridized carbons (Fsp3) is 0.296. The molecule has 7 nitrogen and oxygen atoms in total. The number of hydrogen-bond donors (Lipinski definition) is 2. The topological polar surface area (TPSA) is 85.4 Å². The highest BCUT2D eigenvalue weighted by molar-refractivity contribution is 7.22. The van der Waals surface area contributed by atoms with Crippen molar-refractivity contribution in [2.45, 2.75) is 38.1 Å². The molecule has 0 unspecified atom stereocenters. The van der Waals surface area contributed by atoms with Crippen LogP contribution >= 0.6 is 11.3 Å². The number of nitrogens with one attached hydrogen (secondary N) is 2. The van der Waals surface area contributed by atoms with E-state index in [1.807, 2.05) is 18.3 Å². The lowest BCUT2D eigenvalue weighted by molar-refractivity contribution is 0.193. The zero-order chi connectivity index (χ0) is 24.9. The average molecular weight is 507 g/mol. The zero-order valence-electron chi connectivity index (χ0n) is 19.9. The Morgan fingerprint density at radius 1 is 1.11 bits per heavy atom. The van der Waals surface area contributed by atoms with Gasteiger partial charge in [0.1, 0.15) is 5.75 Å². The highest BCUT2D eigenvalue weighted by Gasteiger charge is 2.23. The van der Waals surface area contributed by atoms with E-state index >= 15 is 0 Å². The van der Waals surface area contributed by atoms with Gasteiger partial charge in [-0.3, -0.25) is 9.97 Å². The molecule has 0 bridgehead atoms. The molecule has 186 valence electrons. The van der Waals surface area contributed by atoms with Gasteiger partial charge in [-0.25, -0.2) is 9.18 Å². The van der Waals surface area contributed by atoms with E-state index < -0.39 is 5.82 Å². The lowest BCUT2D eigenvalue weighted by Crippen LogP contribution is -2.30. The van der Waals surface area contributed by atoms with Gasteiger partial charge in [0, 0.05) is 50.0 Å². The van der Waals surface area contributed by atoms with E-state index in [1.54, 1.807) is 25.4 Å². The van der Waals surface area contributed by atoms with Crippen molar-refractivity contribution in [1.82, 2.24) is 15.3 Å². The van der Waals surface area contributed by atoms with Crippen LogP contribution in [0.25, 0.3) is 20.8 Å². The summed E-state index contributed by atoms with van der Waals surface area (Å²) in [6.45, 7) is 0.771. The number of nitrogens with zero attached hydrogens (tertiary/aromatic N) is 2. The van der Waals surface area contributed by atoms with Crippen LogP contribution in [0, 0.1) is 5.82 Å². The smallest absolute Gasteiger partial charge is 0.319 e. The second kappa shape index (κ2) is 11.0. The van der Waals surface area contributed by atoms with Crippen LogP contribution in [0.15, 0.2) is 54.9 Å². The molecule has 0 saturated heterocycles. The van der Waals surface area contributed by atoms with Crippen LogP contribution in [0.4, 0.5) is 14.9 Å². The molecule has 1 saturated carbocycles. The van der Waals surface area contributed by atoms with Crippen molar-refractivity contribution in [1.29, 1.82) is 0 Å². The molecule has 1 aliphatic rings. The zero-order valence-corrected chi connectivity index (χ0v) is 20.7. The SMILES string of the molecule is COCCCCc1ccc(-c2cc3nccc(Oc4ccc(NC(=O)NC5CC5)cc4F)c3s2)nc1. The Balaban J connectivity index is 1.29. The molecule has 1 fully saturated rings. The Hall–Kier alpha value is -3.56. The molecule has 36 heavy (non-hydrogen) atoms. The minimum Gasteiger partial charge on any atom is -0.453 e. The quantitative estimate of drug-likeness (QED) is 0.239. The van der Waals surface area contributed by atoms with Gasteiger partial charge in [0.15, 0.2) is 11.6 Å². The van der Waals surface area contributed by atoms with Crippen LogP contribution in [-0.4, -0.2) is 35.8 Å². The molecule has 0 atom stereocenters. The number of urea groups is 1. The fourth-order valence-electron chi connectivity index (χ4n) is 3.78. The number of rotatable bonds is 10. The molecule has 0 aliphatic heterocycles. The van der Waals surface area contributed by atoms with E-state index in [1.165, 1.54) is 29.0 Å². The summed E-state index contributed by atoms with van der Waals surface area (Å²) >= 11 is 1.50. The third-order valence-corrected chi connectivity index (χ3v) is 7.00. The van der Waals surface area contributed by atoms with Crippen molar-refractivity contribution in [2.75, 3.05) is 19.0 Å². The number of methoxy groups -OCH3 is 1. The number of benzene rings is 1. The summed E-state index contributed by atoms with van der Waals surface area (Å²) < 4.78 is 26.6. The summed E-state index contributed by atoms with van der Waals surface area (Å²) in [6.07, 6.45) is 8.57. The minimum absolute atomic E-state index is 0.0709. The van der Waals surface area contributed by atoms with Gasteiger partial charge in [-0.15, -0.1) is 11.3 Å². The number of anilines is 1. The maximum Gasteiger partial charge on any atom is 0.319 e. The Kier molecular flexibility index (Phi) is 7.39. The third-order valence-electron chi connectivity index (χ3n) is 5.84. The third kappa shape index (κ3) is 5.98. The molecule has 0 spiro atoms. The number of carbonyl (C=O) groups is 1. The van der Waals surface area contributed by atoms with Crippen LogP contribution in [0.3, 0.4) is 0 Å². The summed E-state index contributed by atoms with van der Waals surface area (Å²) in [5.74, 6) is 0.0161. The number of amides is 2. The molecule has 9 heteroatoms. The van der Waals surface area contributed by atoms with Crippen LogP contribution < -0.4 is 15.4 Å². The Morgan fingerprint density at radius 3 is 2.75 bits per heavy atom. The van der Waals surface area contributed by atoms with Crippen molar-refractivity contribution >= 4 is 33.3 Å². The Labute approximate surface area is 212 Å². The van der Waals surface area contributed by atoms with Gasteiger partial charge in [0.05, 0.1) is 20.8 Å². The molecular formula is C27H27FN4O3S. The molecule has 1 aliphatic carbocycles. The highest BCUT2D eigenvalue weighted by Crippen LogP contribution is 2.39. The molecule has 5 rings (SSSR count). The van der Waals surface area contributed by atoms with Crippen LogP contribution in [-0.2, 0) is 11.2 Å². The normalized spacial score (nSPS) is 13.1. The van der Waals surface area contributed by atoms with E-state index in [2.05, 4.69) is 26.7 Å². The number of aryl methyl sites for hydroxylation is 1. The number of halogens is 1. The number of carbonyl (C=O) groups excluding carboxylic acids is 1. The van der Waals surface area contributed by atoms with Gasteiger partial charge in [-0.1, -0.05) is 6.07 Å². The summed E-state index contributed by atoms with van der Waals surface area (Å²) in [5.41, 5.74) is 3.17. The van der Waals surface area contributed by atoms with Gasteiger partial charge < -0.3 is 20.1 Å². The maximum absolute atomic E-state index is 14.8. The average Bonchev–Trinajstić information content (AvgIpc) is 3.57. The van der Waals surface area contributed by atoms with Crippen molar-refractivity contribution in [3.8, 4) is 22.1 Å². The lowest BCUT2D eigenvalue weighted by Gasteiger charge is -2.10. The summed E-state index contributed by atoms with van der Waals surface area (Å²) in [5, 5.41) is 5.46. The number of aromatic nitrogens is 2. The Morgan fingerprint density at radius 2 is 2.00 bits per heavy atom. The van der Waals surface area contributed by atoms with Gasteiger partial charge >= 0.3 is 6.03 Å². The van der Waals surface area contributed by atoms with Crippen LogP contribution in [0.2, 0.25) is 0 Å². The predicted molar refractivity (Wildman–Crippen MR) is 139 cm³/mol. The summed E-state index contributed by atoms with van der Waals surface area (Å²) in [6, 6.07) is 12.1. The van der Waals surface area contributed by atoms with E-state index in [0.29, 0.717) is 11.4 Å². The second-order valence-electron chi connectivity index (χ2n) is 8.76. The summed E-state index contributed by atoms with van der Waals surface area (Å²) in [7, 11) is 1.72. The number of hydrogen-bond acceptors (Lipinski definition) is 6. The van der Waals surface area contributed by atoms with Gasteiger partial charge in [-0.2, -0.15) is 0 Å². The molecule has 3 heterocycles. The van der Waals surface area contributed by atoms with Gasteiger partial charge in [0.25, 0.3) is 0 Å². The van der Waals surface area contributed by atoms with E-state index in [-0.39, 0.29) is 17.8 Å². The van der Waals surface area contributed by atoms with Crippen LogP contribution in [0.1, 0.15) is 31.2 Å². The van der Waals surface area contributed by atoms with Gasteiger partial charge in [-0.05, 0) is 61.9 Å². The molecule has 0 radical (unpaired) electrons. The molecular weight excluding hydrogens is 479 g/mol. The molecule has 4 aromatic rings. The first kappa shape index (κ1) is 24.1. The van der Waals surface area contributed by atoms with Gasteiger partial charge in [0.2, 0.25) is 0 Å². The molecule has 2 amide bonds. The van der Waals surface area contributed by atoms with Crippen molar-refractivity contribution < 1.29 is 18.7 Å². The van der Waals surface area contributed by atoms with E-state index in [9.17, 15) is 9.18 Å². The van der Waals surface area contributed by atoms with Crippen molar-refractivity contribution in [2.24, 2.45) is 0 Å². The first-order valence-corrected chi connectivity index (χ1v) is 12.8. The maximum atomic E-state index is 14.8. The predicted octanol–water partition coefficient (Wildman–Crippen LogP) is 6.54. The number of unbranched alkanes of at least 4 members (excludes halogenated alkanes) is 1. The van der Waals surface area contributed by atoms with E-state index in [0.717, 1.165) is 59.5 Å². The Bertz CT molecular complexity index is 1360. The molecule has 2 N–H and O–H groups in total. The number of ether oxygens (including phenoxy) is 2. The molecule has 1 aromatic carbocycles. The summed E-state index contributed by atoms with van der Waals surface area (Å²) in [4.78, 5) is 22.0. The highest BCUT2D eigenvalue weighted by atomic mass is 32.1. The fourth-order valence-corrected chi connectivity index (χ4v) is 4.82. The number of pyridine rings is 2. The largest absolute Gasteiger partial charge is 0.453 e. The lowest BCUT2D eigenvalue weighted by atomic mass is 10.1. The molecule has 3 aromatic heterocycles. The monoisotopic (exact) mass is 506 g/mol. The minimum atomic E-state index is -0.566. The van der Waals surface area contributed by atoms with Crippen molar-refractivity contribution in [3.05, 3.63) is 66.2 Å². The van der Waals surface area contributed by atoms with E-state index in [4.69, 9.17) is 9.47 Å². The first-order chi connectivity index (χ1) is 17.6. The standard InChI is InChI=1S/C27H27FN4O3S/c1-34-13-3-2-4-17-5-9-21(30-16-17)25-15-22-26(36-25)24(11-12-29-22)35-23-10-8-19(14-20(23)28)32-27(33)31-18-6-7-18/h5,8-12,14-16,18H,2-4,6-7,13H2,1H3,(H2,31,32,33). The number of thiophene rings is 1. The second-order valence-corrected chi connectivity index (χ2v) is 9.81. The van der Waals surface area contributed by atoms with Crippen LogP contribution in [0.5, 0.6) is 11.5 Å². The first-order valence-electron chi connectivity index (χ1n) is 12.0.